The second kappa shape index (κ2) is 7.98. The molecule has 1 amide bonds. The molecule has 30 heavy (non-hydrogen) atoms. The van der Waals surface area contributed by atoms with Crippen molar-refractivity contribution in [3.05, 3.63) is 65.5 Å². The van der Waals surface area contributed by atoms with E-state index in [1.54, 1.807) is 0 Å². The van der Waals surface area contributed by atoms with Gasteiger partial charge in [-0.2, -0.15) is 0 Å². The Hall–Kier alpha value is -3.08. The topological polar surface area (TPSA) is 58.2 Å². The predicted molar refractivity (Wildman–Crippen MR) is 121 cm³/mol. The van der Waals surface area contributed by atoms with Crippen LogP contribution in [0.3, 0.4) is 0 Å². The molecule has 1 N–H and O–H groups in total. The van der Waals surface area contributed by atoms with Crippen LogP contribution in [0, 0.1) is 6.92 Å². The summed E-state index contributed by atoms with van der Waals surface area (Å²) in [5.74, 6) is 0.808. The van der Waals surface area contributed by atoms with Crippen LogP contribution in [0.1, 0.15) is 43.9 Å². The van der Waals surface area contributed by atoms with Gasteiger partial charge in [-0.1, -0.05) is 44.5 Å². The minimum Gasteiger partial charge on any atom is -0.483 e. The molecule has 1 aliphatic rings. The maximum absolute atomic E-state index is 12.8. The largest absolute Gasteiger partial charge is 0.483 e. The Morgan fingerprint density at radius 2 is 2.10 bits per heavy atom. The van der Waals surface area contributed by atoms with Crippen molar-refractivity contribution in [3.8, 4) is 5.75 Å². The SMILES string of the molecule is Cc1ccc(OCC(=O)N2CC=C(c3c[nH]c4cccnc34)CC2)c(C(C)(C)C)c1. The van der Waals surface area contributed by atoms with Crippen LogP contribution in [-0.4, -0.2) is 40.5 Å². The van der Waals surface area contributed by atoms with E-state index in [1.165, 1.54) is 11.1 Å². The van der Waals surface area contributed by atoms with Crippen molar-refractivity contribution in [2.75, 3.05) is 19.7 Å². The van der Waals surface area contributed by atoms with Crippen LogP contribution < -0.4 is 4.74 Å². The maximum atomic E-state index is 12.8. The summed E-state index contributed by atoms with van der Waals surface area (Å²) in [7, 11) is 0. The van der Waals surface area contributed by atoms with Crippen molar-refractivity contribution in [1.29, 1.82) is 0 Å². The van der Waals surface area contributed by atoms with Crippen LogP contribution in [0.25, 0.3) is 16.6 Å². The molecule has 0 atom stereocenters. The van der Waals surface area contributed by atoms with Crippen LogP contribution in [0.4, 0.5) is 0 Å². The quantitative estimate of drug-likeness (QED) is 0.677. The van der Waals surface area contributed by atoms with Gasteiger partial charge in [0, 0.05) is 31.0 Å². The molecule has 5 heteroatoms. The molecule has 0 bridgehead atoms. The normalized spacial score (nSPS) is 14.7. The highest BCUT2D eigenvalue weighted by molar-refractivity contribution is 5.90. The van der Waals surface area contributed by atoms with E-state index in [0.717, 1.165) is 34.3 Å². The van der Waals surface area contributed by atoms with E-state index in [-0.39, 0.29) is 17.9 Å². The molecule has 1 aromatic carbocycles. The number of amides is 1. The second-order valence-electron chi connectivity index (χ2n) is 8.96. The highest BCUT2D eigenvalue weighted by Crippen LogP contribution is 2.32. The summed E-state index contributed by atoms with van der Waals surface area (Å²) in [4.78, 5) is 22.4. The van der Waals surface area contributed by atoms with E-state index in [1.807, 2.05) is 41.6 Å². The molecule has 0 fully saturated rings. The van der Waals surface area contributed by atoms with Crippen LogP contribution in [0.15, 0.2) is 48.8 Å². The van der Waals surface area contributed by atoms with Crippen LogP contribution in [0.5, 0.6) is 5.75 Å². The number of nitrogens with zero attached hydrogens (tertiary/aromatic N) is 2. The number of H-pyrrole nitrogens is 1. The third kappa shape index (κ3) is 4.11. The minimum absolute atomic E-state index is 0.0165. The molecule has 2 aromatic heterocycles. The van der Waals surface area contributed by atoms with E-state index in [2.05, 4.69) is 49.8 Å². The molecule has 0 aliphatic carbocycles. The van der Waals surface area contributed by atoms with Gasteiger partial charge >= 0.3 is 0 Å². The number of carbonyl (C=O) groups is 1. The molecule has 0 spiro atoms. The molecule has 5 nitrogen and oxygen atoms in total. The number of pyridine rings is 1. The van der Waals surface area contributed by atoms with Crippen molar-refractivity contribution >= 4 is 22.5 Å². The molecule has 3 heterocycles. The van der Waals surface area contributed by atoms with E-state index < -0.39 is 0 Å². The van der Waals surface area contributed by atoms with Crippen molar-refractivity contribution in [1.82, 2.24) is 14.9 Å². The van der Waals surface area contributed by atoms with Gasteiger partial charge in [-0.3, -0.25) is 9.78 Å². The Bertz CT molecular complexity index is 1110. The smallest absolute Gasteiger partial charge is 0.260 e. The second-order valence-corrected chi connectivity index (χ2v) is 8.96. The first kappa shape index (κ1) is 20.2. The van der Waals surface area contributed by atoms with Crippen LogP contribution in [-0.2, 0) is 10.2 Å². The zero-order chi connectivity index (χ0) is 21.3. The molecule has 1 aliphatic heterocycles. The molecule has 4 rings (SSSR count). The molecular formula is C25H29N3O2. The molecule has 0 saturated carbocycles. The summed E-state index contributed by atoms with van der Waals surface area (Å²) < 4.78 is 5.96. The molecule has 156 valence electrons. The van der Waals surface area contributed by atoms with Crippen LogP contribution >= 0.6 is 0 Å². The molecule has 0 unspecified atom stereocenters. The summed E-state index contributed by atoms with van der Waals surface area (Å²) in [6.45, 7) is 9.90. The highest BCUT2D eigenvalue weighted by atomic mass is 16.5. The third-order valence-electron chi connectivity index (χ3n) is 5.64. The average Bonchev–Trinajstić information content (AvgIpc) is 3.16. The first-order chi connectivity index (χ1) is 14.3. The number of aromatic nitrogens is 2. The molecule has 0 saturated heterocycles. The Balaban J connectivity index is 1.42. The Morgan fingerprint density at radius 1 is 1.27 bits per heavy atom. The Labute approximate surface area is 177 Å². The Kier molecular flexibility index (Phi) is 5.37. The van der Waals surface area contributed by atoms with E-state index in [4.69, 9.17) is 4.74 Å². The van der Waals surface area contributed by atoms with Gasteiger partial charge in [0.05, 0.1) is 11.0 Å². The fraction of sp³-hybridized carbons (Fsp3) is 0.360. The van der Waals surface area contributed by atoms with Gasteiger partial charge in [0.1, 0.15) is 5.75 Å². The lowest BCUT2D eigenvalue weighted by atomic mass is 9.85. The first-order valence-electron chi connectivity index (χ1n) is 10.5. The number of nitrogens with one attached hydrogen (secondary N) is 1. The number of aromatic amines is 1. The van der Waals surface area contributed by atoms with Gasteiger partial charge in [0.15, 0.2) is 6.61 Å². The van der Waals surface area contributed by atoms with Crippen molar-refractivity contribution in [3.63, 3.8) is 0 Å². The number of hydrogen-bond acceptors (Lipinski definition) is 3. The number of rotatable bonds is 4. The minimum atomic E-state index is -0.0411. The maximum Gasteiger partial charge on any atom is 0.260 e. The number of hydrogen-bond donors (Lipinski definition) is 1. The van der Waals surface area contributed by atoms with Crippen LogP contribution in [0.2, 0.25) is 0 Å². The summed E-state index contributed by atoms with van der Waals surface area (Å²) in [6, 6.07) is 10.1. The lowest BCUT2D eigenvalue weighted by Crippen LogP contribution is -2.38. The van der Waals surface area contributed by atoms with E-state index in [0.29, 0.717) is 13.1 Å². The fourth-order valence-corrected chi connectivity index (χ4v) is 3.93. The number of aryl methyl sites for hydroxylation is 1. The number of fused-ring (bicyclic) bond motifs is 1. The molecule has 0 radical (unpaired) electrons. The lowest BCUT2D eigenvalue weighted by Gasteiger charge is -2.27. The standard InChI is InChI=1S/C25H29N3O2/c1-17-7-8-22(20(14-17)25(2,3)4)30-16-23(29)28-12-9-18(10-13-28)19-15-27-21-6-5-11-26-24(19)21/h5-9,11,14-15,27H,10,12-13,16H2,1-4H3. The number of benzene rings is 1. The van der Waals surface area contributed by atoms with Crippen molar-refractivity contribution < 1.29 is 9.53 Å². The zero-order valence-electron chi connectivity index (χ0n) is 18.2. The highest BCUT2D eigenvalue weighted by Gasteiger charge is 2.22. The molecule has 3 aromatic rings. The lowest BCUT2D eigenvalue weighted by molar-refractivity contribution is -0.132. The zero-order valence-corrected chi connectivity index (χ0v) is 18.2. The van der Waals surface area contributed by atoms with E-state index >= 15 is 0 Å². The monoisotopic (exact) mass is 403 g/mol. The van der Waals surface area contributed by atoms with Gasteiger partial charge < -0.3 is 14.6 Å². The van der Waals surface area contributed by atoms with Crippen molar-refractivity contribution in [2.45, 2.75) is 39.5 Å². The average molecular weight is 404 g/mol. The van der Waals surface area contributed by atoms with Gasteiger partial charge in [-0.05, 0) is 48.1 Å². The third-order valence-corrected chi connectivity index (χ3v) is 5.64. The number of carbonyl (C=O) groups excluding carboxylic acids is 1. The van der Waals surface area contributed by atoms with Gasteiger partial charge in [0.2, 0.25) is 0 Å². The summed E-state index contributed by atoms with van der Waals surface area (Å²) in [6.07, 6.45) is 6.76. The summed E-state index contributed by atoms with van der Waals surface area (Å²) >= 11 is 0. The summed E-state index contributed by atoms with van der Waals surface area (Å²) in [5.41, 5.74) is 6.67. The first-order valence-corrected chi connectivity index (χ1v) is 10.5. The van der Waals surface area contributed by atoms with E-state index in [9.17, 15) is 4.79 Å². The number of ether oxygens (including phenoxy) is 1. The predicted octanol–water partition coefficient (Wildman–Crippen LogP) is 4.86. The van der Waals surface area contributed by atoms with Gasteiger partial charge in [0.25, 0.3) is 5.91 Å². The fourth-order valence-electron chi connectivity index (χ4n) is 3.93. The summed E-state index contributed by atoms with van der Waals surface area (Å²) in [5, 5.41) is 0. The van der Waals surface area contributed by atoms with Gasteiger partial charge in [-0.15, -0.1) is 0 Å². The van der Waals surface area contributed by atoms with Gasteiger partial charge in [-0.25, -0.2) is 0 Å². The Morgan fingerprint density at radius 3 is 2.83 bits per heavy atom. The molecular weight excluding hydrogens is 374 g/mol. The van der Waals surface area contributed by atoms with Crippen molar-refractivity contribution in [2.24, 2.45) is 0 Å².